The number of hydrogen-bond donors (Lipinski definition) is 1. The molecule has 0 aliphatic rings. The summed E-state index contributed by atoms with van der Waals surface area (Å²) >= 11 is 0. The smallest absolute Gasteiger partial charge is 0.362 e. The number of nitrogens with zero attached hydrogens (tertiary/aromatic N) is 2. The fourth-order valence-corrected chi connectivity index (χ4v) is 2.04. The van der Waals surface area contributed by atoms with Gasteiger partial charge in [0.05, 0.1) is 30.3 Å². The normalized spacial score (nSPS) is 10.6. The first kappa shape index (κ1) is 17.9. The van der Waals surface area contributed by atoms with Gasteiger partial charge >= 0.3 is 11.9 Å². The average Bonchev–Trinajstić information content (AvgIpc) is 3.26. The first-order chi connectivity index (χ1) is 13.2. The maximum Gasteiger partial charge on any atom is 0.362 e. The molecule has 1 N–H and O–H groups in total. The average molecular weight is 365 g/mol. The molecule has 0 aliphatic heterocycles. The van der Waals surface area contributed by atoms with E-state index in [2.05, 4.69) is 15.7 Å². The molecular weight excluding hydrogens is 350 g/mol. The highest BCUT2D eigenvalue weighted by Gasteiger charge is 2.08. The van der Waals surface area contributed by atoms with E-state index >= 15 is 0 Å². The summed E-state index contributed by atoms with van der Waals surface area (Å²) in [4.78, 5) is 28.7. The van der Waals surface area contributed by atoms with E-state index in [-0.39, 0.29) is 5.76 Å². The summed E-state index contributed by atoms with van der Waals surface area (Å²) in [6.07, 6.45) is 1.39. The minimum atomic E-state index is -0.573. The van der Waals surface area contributed by atoms with Gasteiger partial charge in [0.15, 0.2) is 5.76 Å². The SMILES string of the molecule is COc1ccc(C(=O)ONc2ccc(N=NC(=O)c3ccco3)cc2)cc1. The van der Waals surface area contributed by atoms with Crippen molar-refractivity contribution in [1.29, 1.82) is 0 Å². The van der Waals surface area contributed by atoms with Crippen LogP contribution in [0.25, 0.3) is 0 Å². The molecule has 8 nitrogen and oxygen atoms in total. The van der Waals surface area contributed by atoms with E-state index in [4.69, 9.17) is 14.0 Å². The van der Waals surface area contributed by atoms with Gasteiger partial charge < -0.3 is 14.0 Å². The molecule has 0 spiro atoms. The van der Waals surface area contributed by atoms with E-state index in [1.165, 1.54) is 12.3 Å². The Morgan fingerprint density at radius 2 is 1.74 bits per heavy atom. The van der Waals surface area contributed by atoms with Crippen molar-refractivity contribution in [3.05, 3.63) is 78.3 Å². The number of carbonyl (C=O) groups is 2. The highest BCUT2D eigenvalue weighted by Crippen LogP contribution is 2.18. The summed E-state index contributed by atoms with van der Waals surface area (Å²) in [5, 5.41) is 7.40. The van der Waals surface area contributed by atoms with Crippen molar-refractivity contribution in [3.8, 4) is 5.75 Å². The molecule has 0 saturated heterocycles. The number of rotatable bonds is 6. The fourth-order valence-electron chi connectivity index (χ4n) is 2.04. The van der Waals surface area contributed by atoms with Crippen LogP contribution in [0.4, 0.5) is 11.4 Å². The molecule has 0 saturated carbocycles. The molecule has 27 heavy (non-hydrogen) atoms. The lowest BCUT2D eigenvalue weighted by Gasteiger charge is -2.07. The highest BCUT2D eigenvalue weighted by molar-refractivity contribution is 5.92. The zero-order valence-electron chi connectivity index (χ0n) is 14.3. The van der Waals surface area contributed by atoms with Crippen molar-refractivity contribution in [2.45, 2.75) is 0 Å². The van der Waals surface area contributed by atoms with Crippen LogP contribution in [0.3, 0.4) is 0 Å². The molecule has 0 atom stereocenters. The summed E-state index contributed by atoms with van der Waals surface area (Å²) in [5.41, 5.74) is 3.93. The summed E-state index contributed by atoms with van der Waals surface area (Å²) in [6, 6.07) is 16.1. The lowest BCUT2D eigenvalue weighted by atomic mass is 10.2. The standard InChI is InChI=1S/C19H15N3O5/c1-25-16-10-4-13(5-11-16)19(24)27-22-15-8-6-14(7-9-15)20-21-18(23)17-3-2-12-26-17/h2-12,22H,1H3. The quantitative estimate of drug-likeness (QED) is 0.513. The molecule has 3 aromatic rings. The van der Waals surface area contributed by atoms with Crippen LogP contribution in [0, 0.1) is 0 Å². The van der Waals surface area contributed by atoms with E-state index in [1.54, 1.807) is 61.7 Å². The minimum Gasteiger partial charge on any atom is -0.497 e. The molecule has 8 heteroatoms. The van der Waals surface area contributed by atoms with Gasteiger partial charge in [0.25, 0.3) is 0 Å². The fraction of sp³-hybridized carbons (Fsp3) is 0.0526. The van der Waals surface area contributed by atoms with Crippen LogP contribution >= 0.6 is 0 Å². The van der Waals surface area contributed by atoms with E-state index < -0.39 is 11.9 Å². The van der Waals surface area contributed by atoms with Gasteiger partial charge in [0.2, 0.25) is 0 Å². The minimum absolute atomic E-state index is 0.113. The van der Waals surface area contributed by atoms with E-state index in [0.29, 0.717) is 22.7 Å². The molecule has 0 fully saturated rings. The van der Waals surface area contributed by atoms with E-state index in [9.17, 15) is 9.59 Å². The third-order valence-corrected chi connectivity index (χ3v) is 3.44. The third kappa shape index (κ3) is 4.79. The number of carbonyl (C=O) groups excluding carboxylic acids is 2. The highest BCUT2D eigenvalue weighted by atomic mass is 16.7. The van der Waals surface area contributed by atoms with Crippen molar-refractivity contribution in [2.75, 3.05) is 12.6 Å². The van der Waals surface area contributed by atoms with Crippen LogP contribution in [-0.2, 0) is 4.84 Å². The second-order valence-electron chi connectivity index (χ2n) is 5.25. The molecule has 2 aromatic carbocycles. The van der Waals surface area contributed by atoms with Crippen LogP contribution in [-0.4, -0.2) is 19.0 Å². The maximum absolute atomic E-state index is 12.0. The van der Waals surface area contributed by atoms with Gasteiger partial charge in [-0.2, -0.15) is 0 Å². The van der Waals surface area contributed by atoms with Crippen molar-refractivity contribution >= 4 is 23.3 Å². The van der Waals surface area contributed by atoms with Crippen molar-refractivity contribution in [1.82, 2.24) is 0 Å². The van der Waals surface area contributed by atoms with Crippen molar-refractivity contribution in [2.24, 2.45) is 10.2 Å². The van der Waals surface area contributed by atoms with Crippen molar-refractivity contribution < 1.29 is 23.6 Å². The Balaban J connectivity index is 1.54. The number of hydrogen-bond acceptors (Lipinski definition) is 7. The Hall–Kier alpha value is -3.94. The van der Waals surface area contributed by atoms with Gasteiger partial charge in [-0.05, 0) is 60.7 Å². The first-order valence-electron chi connectivity index (χ1n) is 7.86. The predicted molar refractivity (Wildman–Crippen MR) is 96.0 cm³/mol. The first-order valence-corrected chi connectivity index (χ1v) is 7.86. The van der Waals surface area contributed by atoms with Crippen LogP contribution in [0.1, 0.15) is 20.9 Å². The lowest BCUT2D eigenvalue weighted by Crippen LogP contribution is -2.10. The Morgan fingerprint density at radius 1 is 1.00 bits per heavy atom. The Bertz CT molecular complexity index is 932. The monoisotopic (exact) mass is 365 g/mol. The predicted octanol–water partition coefficient (Wildman–Crippen LogP) is 4.40. The summed E-state index contributed by atoms with van der Waals surface area (Å²) < 4.78 is 9.97. The number of nitrogens with one attached hydrogen (secondary N) is 1. The Labute approximate surface area is 154 Å². The number of benzene rings is 2. The molecule has 1 aromatic heterocycles. The number of anilines is 1. The number of methoxy groups -OCH3 is 1. The molecule has 3 rings (SSSR count). The molecular formula is C19H15N3O5. The zero-order chi connectivity index (χ0) is 19.1. The summed E-state index contributed by atoms with van der Waals surface area (Å²) in [5.74, 6) is -0.349. The number of amides is 1. The largest absolute Gasteiger partial charge is 0.497 e. The van der Waals surface area contributed by atoms with Gasteiger partial charge in [0.1, 0.15) is 5.75 Å². The van der Waals surface area contributed by atoms with E-state index in [0.717, 1.165) is 0 Å². The van der Waals surface area contributed by atoms with Gasteiger partial charge in [0, 0.05) is 0 Å². The van der Waals surface area contributed by atoms with Gasteiger partial charge in [-0.1, -0.05) is 0 Å². The maximum atomic E-state index is 12.0. The van der Waals surface area contributed by atoms with E-state index in [1.807, 2.05) is 0 Å². The van der Waals surface area contributed by atoms with Crippen molar-refractivity contribution in [3.63, 3.8) is 0 Å². The van der Waals surface area contributed by atoms with Crippen LogP contribution in [0.2, 0.25) is 0 Å². The number of azo groups is 1. The molecule has 1 heterocycles. The van der Waals surface area contributed by atoms with Gasteiger partial charge in [-0.25, -0.2) is 10.3 Å². The Kier molecular flexibility index (Phi) is 5.58. The lowest BCUT2D eigenvalue weighted by molar-refractivity contribution is 0.0596. The summed E-state index contributed by atoms with van der Waals surface area (Å²) in [6.45, 7) is 0. The van der Waals surface area contributed by atoms with Gasteiger partial charge in [-0.3, -0.25) is 4.79 Å². The third-order valence-electron chi connectivity index (χ3n) is 3.44. The number of furan rings is 1. The molecule has 136 valence electrons. The zero-order valence-corrected chi connectivity index (χ0v) is 14.3. The second kappa shape index (κ2) is 8.43. The topological polar surface area (TPSA) is 102 Å². The molecule has 0 aliphatic carbocycles. The molecule has 0 bridgehead atoms. The van der Waals surface area contributed by atoms with Crippen LogP contribution in [0.15, 0.2) is 81.6 Å². The number of ether oxygens (including phenoxy) is 1. The molecule has 0 radical (unpaired) electrons. The second-order valence-corrected chi connectivity index (χ2v) is 5.25. The Morgan fingerprint density at radius 3 is 2.37 bits per heavy atom. The van der Waals surface area contributed by atoms with Crippen LogP contribution < -0.4 is 10.2 Å². The molecule has 0 unspecified atom stereocenters. The van der Waals surface area contributed by atoms with Gasteiger partial charge in [-0.15, -0.1) is 10.2 Å². The summed E-state index contributed by atoms with van der Waals surface area (Å²) in [7, 11) is 1.55. The molecule has 1 amide bonds. The van der Waals surface area contributed by atoms with Crippen LogP contribution in [0.5, 0.6) is 5.75 Å².